The Bertz CT molecular complexity index is 434. The summed E-state index contributed by atoms with van der Waals surface area (Å²) in [7, 11) is 0. The summed E-state index contributed by atoms with van der Waals surface area (Å²) in [6.07, 6.45) is 1.06. The smallest absolute Gasteiger partial charge is 0.234 e. The van der Waals surface area contributed by atoms with Crippen LogP contribution in [-0.2, 0) is 11.3 Å². The number of hydrogen-bond acceptors (Lipinski definition) is 3. The van der Waals surface area contributed by atoms with Crippen molar-refractivity contribution in [1.29, 1.82) is 0 Å². The van der Waals surface area contributed by atoms with Gasteiger partial charge in [0, 0.05) is 25.7 Å². The van der Waals surface area contributed by atoms with Gasteiger partial charge in [-0.2, -0.15) is 0 Å². The van der Waals surface area contributed by atoms with Crippen molar-refractivity contribution < 1.29 is 4.79 Å². The quantitative estimate of drug-likeness (QED) is 0.870. The van der Waals surface area contributed by atoms with E-state index in [0.29, 0.717) is 19.0 Å². The second-order valence-electron chi connectivity index (χ2n) is 6.06. The van der Waals surface area contributed by atoms with E-state index >= 15 is 0 Å². The van der Waals surface area contributed by atoms with Crippen LogP contribution in [0.3, 0.4) is 0 Å². The van der Waals surface area contributed by atoms with E-state index in [9.17, 15) is 4.79 Å². The number of benzene rings is 1. The Morgan fingerprint density at radius 3 is 2.70 bits per heavy atom. The molecule has 0 saturated carbocycles. The van der Waals surface area contributed by atoms with Crippen LogP contribution in [0.5, 0.6) is 0 Å². The highest BCUT2D eigenvalue weighted by Gasteiger charge is 2.23. The van der Waals surface area contributed by atoms with Crippen LogP contribution in [-0.4, -0.2) is 36.5 Å². The zero-order valence-corrected chi connectivity index (χ0v) is 12.4. The minimum Gasteiger partial charge on any atom is -0.351 e. The van der Waals surface area contributed by atoms with Gasteiger partial charge in [-0.1, -0.05) is 36.8 Å². The molecule has 110 valence electrons. The number of hydrogen-bond donors (Lipinski definition) is 2. The van der Waals surface area contributed by atoms with Crippen molar-refractivity contribution in [2.45, 2.75) is 32.9 Å². The van der Waals surface area contributed by atoms with Gasteiger partial charge in [0.2, 0.25) is 5.91 Å². The second-order valence-corrected chi connectivity index (χ2v) is 6.06. The van der Waals surface area contributed by atoms with Crippen LogP contribution in [0.2, 0.25) is 0 Å². The largest absolute Gasteiger partial charge is 0.351 e. The van der Waals surface area contributed by atoms with Crippen LogP contribution in [0, 0.1) is 12.8 Å². The van der Waals surface area contributed by atoms with E-state index in [4.69, 9.17) is 5.73 Å². The molecule has 1 heterocycles. The number of amides is 1. The molecule has 0 aromatic heterocycles. The molecule has 1 aliphatic rings. The zero-order chi connectivity index (χ0) is 14.5. The van der Waals surface area contributed by atoms with E-state index in [1.54, 1.807) is 0 Å². The molecule has 3 N–H and O–H groups in total. The molecule has 2 rings (SSSR count). The fraction of sp³-hybridized carbons (Fsp3) is 0.562. The summed E-state index contributed by atoms with van der Waals surface area (Å²) in [4.78, 5) is 14.1. The summed E-state index contributed by atoms with van der Waals surface area (Å²) in [5, 5.41) is 2.97. The van der Waals surface area contributed by atoms with Crippen molar-refractivity contribution in [3.8, 4) is 0 Å². The van der Waals surface area contributed by atoms with Gasteiger partial charge in [0.15, 0.2) is 0 Å². The second kappa shape index (κ2) is 6.86. The Hall–Kier alpha value is -1.39. The maximum Gasteiger partial charge on any atom is 0.234 e. The van der Waals surface area contributed by atoms with E-state index in [1.807, 2.05) is 0 Å². The molecule has 0 aliphatic carbocycles. The van der Waals surface area contributed by atoms with Gasteiger partial charge in [0.25, 0.3) is 0 Å². The minimum atomic E-state index is 0.0758. The van der Waals surface area contributed by atoms with Gasteiger partial charge in [-0.05, 0) is 24.8 Å². The minimum absolute atomic E-state index is 0.0758. The molecule has 1 aromatic rings. The van der Waals surface area contributed by atoms with Gasteiger partial charge in [-0.3, -0.25) is 9.69 Å². The standard InChI is InChI=1S/C16H25N3O/c1-12-3-5-14(6-4-12)8-18-16(20)11-19-9-13(2)7-15(17)10-19/h3-6,13,15H,7-11,17H2,1-2H3,(H,18,20). The SMILES string of the molecule is Cc1ccc(CNC(=O)CN2CC(C)CC(N)C2)cc1. The van der Waals surface area contributed by atoms with Crippen molar-refractivity contribution in [3.63, 3.8) is 0 Å². The predicted molar refractivity (Wildman–Crippen MR) is 81.2 cm³/mol. The van der Waals surface area contributed by atoms with E-state index in [0.717, 1.165) is 25.1 Å². The Balaban J connectivity index is 1.76. The molecule has 1 aliphatic heterocycles. The number of nitrogens with one attached hydrogen (secondary N) is 1. The number of likely N-dealkylation sites (tertiary alicyclic amines) is 1. The van der Waals surface area contributed by atoms with Crippen LogP contribution in [0.15, 0.2) is 24.3 Å². The van der Waals surface area contributed by atoms with Gasteiger partial charge in [0.05, 0.1) is 6.54 Å². The van der Waals surface area contributed by atoms with Crippen LogP contribution >= 0.6 is 0 Å². The topological polar surface area (TPSA) is 58.4 Å². The molecule has 1 aromatic carbocycles. The molecule has 20 heavy (non-hydrogen) atoms. The van der Waals surface area contributed by atoms with Crippen LogP contribution in [0.25, 0.3) is 0 Å². The monoisotopic (exact) mass is 275 g/mol. The first-order valence-corrected chi connectivity index (χ1v) is 7.33. The summed E-state index contributed by atoms with van der Waals surface area (Å²) in [6.45, 7) is 7.08. The fourth-order valence-electron chi connectivity index (χ4n) is 2.81. The van der Waals surface area contributed by atoms with Gasteiger partial charge < -0.3 is 11.1 Å². The molecule has 0 spiro atoms. The molecular weight excluding hydrogens is 250 g/mol. The highest BCUT2D eigenvalue weighted by atomic mass is 16.2. The predicted octanol–water partition coefficient (Wildman–Crippen LogP) is 1.28. The summed E-state index contributed by atoms with van der Waals surface area (Å²) in [5.41, 5.74) is 8.36. The van der Waals surface area contributed by atoms with E-state index in [1.165, 1.54) is 5.56 Å². The van der Waals surface area contributed by atoms with Gasteiger partial charge in [-0.25, -0.2) is 0 Å². The molecule has 1 saturated heterocycles. The average molecular weight is 275 g/mol. The Morgan fingerprint density at radius 1 is 1.35 bits per heavy atom. The number of piperidine rings is 1. The molecule has 2 atom stereocenters. The van der Waals surface area contributed by atoms with Crippen molar-refractivity contribution in [2.24, 2.45) is 11.7 Å². The molecular formula is C16H25N3O. The maximum atomic E-state index is 12.0. The number of aryl methyl sites for hydroxylation is 1. The number of carbonyl (C=O) groups is 1. The molecule has 1 amide bonds. The summed E-state index contributed by atoms with van der Waals surface area (Å²) < 4.78 is 0. The molecule has 4 heteroatoms. The van der Waals surface area contributed by atoms with Gasteiger partial charge >= 0.3 is 0 Å². The highest BCUT2D eigenvalue weighted by molar-refractivity contribution is 5.78. The first kappa shape index (κ1) is 15.0. The van der Waals surface area contributed by atoms with Crippen molar-refractivity contribution in [3.05, 3.63) is 35.4 Å². The normalized spacial score (nSPS) is 23.6. The molecule has 0 radical (unpaired) electrons. The van der Waals surface area contributed by atoms with Gasteiger partial charge in [-0.15, -0.1) is 0 Å². The van der Waals surface area contributed by atoms with Crippen molar-refractivity contribution in [2.75, 3.05) is 19.6 Å². The highest BCUT2D eigenvalue weighted by Crippen LogP contribution is 2.14. The average Bonchev–Trinajstić information content (AvgIpc) is 2.37. The first-order valence-electron chi connectivity index (χ1n) is 7.33. The van der Waals surface area contributed by atoms with Gasteiger partial charge in [0.1, 0.15) is 0 Å². The number of nitrogens with two attached hydrogens (primary N) is 1. The zero-order valence-electron chi connectivity index (χ0n) is 12.4. The lowest BCUT2D eigenvalue weighted by Gasteiger charge is -2.34. The van der Waals surface area contributed by atoms with E-state index < -0.39 is 0 Å². The van der Waals surface area contributed by atoms with E-state index in [2.05, 4.69) is 48.3 Å². The maximum absolute atomic E-state index is 12.0. The van der Waals surface area contributed by atoms with Crippen LogP contribution in [0.4, 0.5) is 0 Å². The Kier molecular flexibility index (Phi) is 5.15. The Labute approximate surface area is 121 Å². The van der Waals surface area contributed by atoms with Crippen LogP contribution in [0.1, 0.15) is 24.5 Å². The number of nitrogens with zero attached hydrogens (tertiary/aromatic N) is 1. The fourth-order valence-corrected chi connectivity index (χ4v) is 2.81. The first-order chi connectivity index (χ1) is 9.52. The number of rotatable bonds is 4. The lowest BCUT2D eigenvalue weighted by atomic mass is 9.97. The molecule has 1 fully saturated rings. The molecule has 2 unspecified atom stereocenters. The molecule has 4 nitrogen and oxygen atoms in total. The summed E-state index contributed by atoms with van der Waals surface area (Å²) in [6, 6.07) is 8.42. The third-order valence-corrected chi connectivity index (χ3v) is 3.75. The summed E-state index contributed by atoms with van der Waals surface area (Å²) in [5.74, 6) is 0.649. The third-order valence-electron chi connectivity index (χ3n) is 3.75. The lowest BCUT2D eigenvalue weighted by molar-refractivity contribution is -0.122. The Morgan fingerprint density at radius 2 is 2.05 bits per heavy atom. The summed E-state index contributed by atoms with van der Waals surface area (Å²) >= 11 is 0. The molecule has 0 bridgehead atoms. The van der Waals surface area contributed by atoms with Crippen LogP contribution < -0.4 is 11.1 Å². The third kappa shape index (κ3) is 4.62. The lowest BCUT2D eigenvalue weighted by Crippen LogP contribution is -2.49. The van der Waals surface area contributed by atoms with Crippen molar-refractivity contribution >= 4 is 5.91 Å². The number of carbonyl (C=O) groups excluding carboxylic acids is 1. The van der Waals surface area contributed by atoms with E-state index in [-0.39, 0.29) is 11.9 Å². The van der Waals surface area contributed by atoms with Crippen molar-refractivity contribution in [1.82, 2.24) is 10.2 Å².